The number of pyridine rings is 1. The molecule has 0 amide bonds. The molecule has 1 aromatic heterocycles. The third-order valence-electron chi connectivity index (χ3n) is 2.90. The van der Waals surface area contributed by atoms with Gasteiger partial charge in [0.25, 0.3) is 0 Å². The minimum Gasteiger partial charge on any atom is -0.495 e. The van der Waals surface area contributed by atoms with Gasteiger partial charge in [-0.15, -0.1) is 0 Å². The molecule has 3 nitrogen and oxygen atoms in total. The van der Waals surface area contributed by atoms with Crippen LogP contribution in [0.3, 0.4) is 0 Å². The Hall–Kier alpha value is -1.14. The summed E-state index contributed by atoms with van der Waals surface area (Å²) in [5, 5.41) is 3.46. The second-order valence-corrected chi connectivity index (χ2v) is 5.38. The van der Waals surface area contributed by atoms with E-state index in [1.165, 1.54) is 9.13 Å². The van der Waals surface area contributed by atoms with Crippen LogP contribution in [0.1, 0.15) is 24.2 Å². The SMILES string of the molecule is CCNC(c1ccc(I)cc1)c1ncccc1OC. The number of hydrogen-bond acceptors (Lipinski definition) is 3. The Bertz CT molecular complexity index is 528. The van der Waals surface area contributed by atoms with E-state index in [1.54, 1.807) is 13.3 Å². The lowest BCUT2D eigenvalue weighted by Gasteiger charge is -2.20. The van der Waals surface area contributed by atoms with Crippen LogP contribution in [0.2, 0.25) is 0 Å². The summed E-state index contributed by atoms with van der Waals surface area (Å²) in [5.74, 6) is 0.812. The Balaban J connectivity index is 2.42. The molecule has 0 saturated carbocycles. The van der Waals surface area contributed by atoms with Crippen molar-refractivity contribution in [3.63, 3.8) is 0 Å². The van der Waals surface area contributed by atoms with E-state index in [0.717, 1.165) is 18.0 Å². The standard InChI is InChI=1S/C15H17IN2O/c1-3-17-14(11-6-8-12(16)9-7-11)15-13(19-2)5-4-10-18-15/h4-10,14,17H,3H2,1-2H3. The van der Waals surface area contributed by atoms with Crippen molar-refractivity contribution in [1.82, 2.24) is 10.3 Å². The van der Waals surface area contributed by atoms with Crippen LogP contribution in [-0.4, -0.2) is 18.6 Å². The van der Waals surface area contributed by atoms with E-state index in [2.05, 4.69) is 64.1 Å². The Kier molecular flexibility index (Phi) is 5.15. The van der Waals surface area contributed by atoms with Gasteiger partial charge in [0.05, 0.1) is 13.2 Å². The second-order valence-electron chi connectivity index (χ2n) is 4.13. The number of nitrogens with one attached hydrogen (secondary N) is 1. The van der Waals surface area contributed by atoms with Crippen LogP contribution >= 0.6 is 22.6 Å². The van der Waals surface area contributed by atoms with Gasteiger partial charge in [0.1, 0.15) is 11.4 Å². The van der Waals surface area contributed by atoms with Crippen molar-refractivity contribution in [2.45, 2.75) is 13.0 Å². The topological polar surface area (TPSA) is 34.2 Å². The maximum Gasteiger partial charge on any atom is 0.142 e. The Labute approximate surface area is 127 Å². The predicted molar refractivity (Wildman–Crippen MR) is 85.5 cm³/mol. The molecule has 4 heteroatoms. The van der Waals surface area contributed by atoms with Gasteiger partial charge in [0, 0.05) is 9.77 Å². The smallest absolute Gasteiger partial charge is 0.142 e. The van der Waals surface area contributed by atoms with E-state index in [1.807, 2.05) is 12.1 Å². The van der Waals surface area contributed by atoms with Crippen LogP contribution < -0.4 is 10.1 Å². The summed E-state index contributed by atoms with van der Waals surface area (Å²) in [7, 11) is 1.68. The molecule has 1 unspecified atom stereocenters. The highest BCUT2D eigenvalue weighted by Gasteiger charge is 2.18. The molecular formula is C15H17IN2O. The summed E-state index contributed by atoms with van der Waals surface area (Å²) < 4.78 is 6.64. The van der Waals surface area contributed by atoms with Crippen molar-refractivity contribution in [2.24, 2.45) is 0 Å². The second kappa shape index (κ2) is 6.86. The molecule has 1 N–H and O–H groups in total. The molecule has 1 atom stereocenters. The van der Waals surface area contributed by atoms with E-state index in [0.29, 0.717) is 0 Å². The Morgan fingerprint density at radius 1 is 1.26 bits per heavy atom. The highest BCUT2D eigenvalue weighted by atomic mass is 127. The van der Waals surface area contributed by atoms with Crippen molar-refractivity contribution in [2.75, 3.05) is 13.7 Å². The molecule has 0 aliphatic carbocycles. The minimum absolute atomic E-state index is 0.0538. The molecule has 0 saturated heterocycles. The highest BCUT2D eigenvalue weighted by molar-refractivity contribution is 14.1. The third-order valence-corrected chi connectivity index (χ3v) is 3.62. The summed E-state index contributed by atoms with van der Waals surface area (Å²) >= 11 is 2.31. The number of methoxy groups -OCH3 is 1. The number of hydrogen-bond donors (Lipinski definition) is 1. The number of nitrogens with zero attached hydrogens (tertiary/aromatic N) is 1. The molecule has 1 heterocycles. The number of benzene rings is 1. The molecule has 0 spiro atoms. The molecule has 1 aromatic carbocycles. The zero-order chi connectivity index (χ0) is 13.7. The van der Waals surface area contributed by atoms with Crippen molar-refractivity contribution in [1.29, 1.82) is 0 Å². The van der Waals surface area contributed by atoms with Gasteiger partial charge in [-0.05, 0) is 59.0 Å². The lowest BCUT2D eigenvalue weighted by molar-refractivity contribution is 0.400. The molecule has 0 aliphatic rings. The first kappa shape index (κ1) is 14.3. The quantitative estimate of drug-likeness (QED) is 0.822. The molecular weight excluding hydrogens is 351 g/mol. The number of aromatic nitrogens is 1. The summed E-state index contributed by atoms with van der Waals surface area (Å²) in [6, 6.07) is 12.4. The first-order valence-electron chi connectivity index (χ1n) is 6.24. The monoisotopic (exact) mass is 368 g/mol. The van der Waals surface area contributed by atoms with Gasteiger partial charge < -0.3 is 10.1 Å². The van der Waals surface area contributed by atoms with Crippen LogP contribution in [0.15, 0.2) is 42.6 Å². The van der Waals surface area contributed by atoms with E-state index >= 15 is 0 Å². The van der Waals surface area contributed by atoms with Gasteiger partial charge in [-0.3, -0.25) is 4.98 Å². The first-order valence-corrected chi connectivity index (χ1v) is 7.32. The van der Waals surface area contributed by atoms with Crippen LogP contribution in [0.5, 0.6) is 5.75 Å². The number of ether oxygens (including phenoxy) is 1. The molecule has 2 aromatic rings. The van der Waals surface area contributed by atoms with Gasteiger partial charge in [-0.1, -0.05) is 19.1 Å². The Morgan fingerprint density at radius 2 is 2.00 bits per heavy atom. The summed E-state index contributed by atoms with van der Waals surface area (Å²) in [6.07, 6.45) is 1.80. The lowest BCUT2D eigenvalue weighted by atomic mass is 10.0. The van der Waals surface area contributed by atoms with Gasteiger partial charge >= 0.3 is 0 Å². The van der Waals surface area contributed by atoms with Crippen LogP contribution in [0.25, 0.3) is 0 Å². The van der Waals surface area contributed by atoms with Crippen LogP contribution in [-0.2, 0) is 0 Å². The third kappa shape index (κ3) is 3.45. The van der Waals surface area contributed by atoms with Gasteiger partial charge in [-0.25, -0.2) is 0 Å². The zero-order valence-electron chi connectivity index (χ0n) is 11.1. The molecule has 0 fully saturated rings. The fraction of sp³-hybridized carbons (Fsp3) is 0.267. The number of halogens is 1. The lowest BCUT2D eigenvalue weighted by Crippen LogP contribution is -2.23. The Morgan fingerprint density at radius 3 is 2.63 bits per heavy atom. The minimum atomic E-state index is 0.0538. The van der Waals surface area contributed by atoms with Crippen molar-refractivity contribution < 1.29 is 4.74 Å². The van der Waals surface area contributed by atoms with E-state index in [4.69, 9.17) is 4.74 Å². The van der Waals surface area contributed by atoms with Crippen LogP contribution in [0, 0.1) is 3.57 Å². The van der Waals surface area contributed by atoms with Crippen molar-refractivity contribution in [3.05, 3.63) is 57.4 Å². The first-order chi connectivity index (χ1) is 9.26. The molecule has 0 aliphatic heterocycles. The maximum atomic E-state index is 5.41. The van der Waals surface area contributed by atoms with E-state index < -0.39 is 0 Å². The fourth-order valence-electron chi connectivity index (χ4n) is 2.02. The molecule has 19 heavy (non-hydrogen) atoms. The molecule has 2 rings (SSSR count). The van der Waals surface area contributed by atoms with Gasteiger partial charge in [0.15, 0.2) is 0 Å². The predicted octanol–water partition coefficient (Wildman–Crippen LogP) is 3.39. The molecule has 0 radical (unpaired) electrons. The zero-order valence-corrected chi connectivity index (χ0v) is 13.2. The largest absolute Gasteiger partial charge is 0.495 e. The van der Waals surface area contributed by atoms with Crippen molar-refractivity contribution in [3.8, 4) is 5.75 Å². The highest BCUT2D eigenvalue weighted by Crippen LogP contribution is 2.28. The van der Waals surface area contributed by atoms with Crippen molar-refractivity contribution >= 4 is 22.6 Å². The summed E-state index contributed by atoms with van der Waals surface area (Å²) in [6.45, 7) is 2.96. The van der Waals surface area contributed by atoms with Gasteiger partial charge in [0.2, 0.25) is 0 Å². The maximum absolute atomic E-state index is 5.41. The summed E-state index contributed by atoms with van der Waals surface area (Å²) in [4.78, 5) is 4.48. The summed E-state index contributed by atoms with van der Waals surface area (Å²) in [5.41, 5.74) is 2.12. The van der Waals surface area contributed by atoms with Gasteiger partial charge in [-0.2, -0.15) is 0 Å². The van der Waals surface area contributed by atoms with Crippen LogP contribution in [0.4, 0.5) is 0 Å². The molecule has 100 valence electrons. The average Bonchev–Trinajstić information content (AvgIpc) is 2.46. The normalized spacial score (nSPS) is 12.2. The fourth-order valence-corrected chi connectivity index (χ4v) is 2.38. The average molecular weight is 368 g/mol. The van der Waals surface area contributed by atoms with E-state index in [9.17, 15) is 0 Å². The molecule has 0 bridgehead atoms. The number of rotatable bonds is 5. The van der Waals surface area contributed by atoms with E-state index in [-0.39, 0.29) is 6.04 Å².